The fraction of sp³-hybridized carbons (Fsp3) is 0.556. The molecule has 88 valence electrons. The molecule has 1 amide bonds. The number of rotatable bonds is 3. The van der Waals surface area contributed by atoms with Gasteiger partial charge in [0.05, 0.1) is 25.7 Å². The molecular formula is C9H13N3O3S. The molecule has 6 nitrogen and oxygen atoms in total. The third-order valence-corrected chi connectivity index (χ3v) is 3.20. The van der Waals surface area contributed by atoms with E-state index in [1.807, 2.05) is 0 Å². The van der Waals surface area contributed by atoms with Crippen LogP contribution in [0.3, 0.4) is 0 Å². The highest BCUT2D eigenvalue weighted by Gasteiger charge is 2.30. The Morgan fingerprint density at radius 2 is 2.50 bits per heavy atom. The van der Waals surface area contributed by atoms with Gasteiger partial charge in [0.2, 0.25) is 5.91 Å². The Morgan fingerprint density at radius 3 is 3.06 bits per heavy atom. The summed E-state index contributed by atoms with van der Waals surface area (Å²) in [5.41, 5.74) is 6.42. The maximum absolute atomic E-state index is 11.7. The fourth-order valence-corrected chi connectivity index (χ4v) is 2.14. The second-order valence-electron chi connectivity index (χ2n) is 3.70. The van der Waals surface area contributed by atoms with E-state index in [9.17, 15) is 9.59 Å². The van der Waals surface area contributed by atoms with Crippen LogP contribution in [0.25, 0.3) is 0 Å². The summed E-state index contributed by atoms with van der Waals surface area (Å²) in [6.45, 7) is 1.11. The van der Waals surface area contributed by atoms with Crippen LogP contribution >= 0.6 is 11.3 Å². The van der Waals surface area contributed by atoms with Gasteiger partial charge in [-0.15, -0.1) is 0 Å². The summed E-state index contributed by atoms with van der Waals surface area (Å²) in [6, 6.07) is -0.235. The molecule has 0 spiro atoms. The lowest BCUT2D eigenvalue weighted by Crippen LogP contribution is -2.40. The number of ether oxygens (including phenoxy) is 1. The van der Waals surface area contributed by atoms with Crippen molar-refractivity contribution in [1.29, 1.82) is 0 Å². The van der Waals surface area contributed by atoms with E-state index in [0.717, 1.165) is 11.3 Å². The molecule has 0 aliphatic carbocycles. The first-order valence-corrected chi connectivity index (χ1v) is 5.82. The number of carbonyl (C=O) groups is 1. The number of hydrogen-bond acceptors (Lipinski definition) is 5. The minimum absolute atomic E-state index is 0.120. The number of H-pyrrole nitrogens is 1. The predicted octanol–water partition coefficient (Wildman–Crippen LogP) is -0.974. The molecule has 1 aromatic rings. The van der Waals surface area contributed by atoms with E-state index < -0.39 is 0 Å². The van der Waals surface area contributed by atoms with Crippen LogP contribution < -0.4 is 15.9 Å². The third kappa shape index (κ3) is 2.49. The number of nitrogens with one attached hydrogen (secondary N) is 2. The van der Waals surface area contributed by atoms with Crippen molar-refractivity contribution in [3.63, 3.8) is 0 Å². The van der Waals surface area contributed by atoms with E-state index in [-0.39, 0.29) is 22.7 Å². The normalized spacial score (nSPS) is 24.6. The molecule has 16 heavy (non-hydrogen) atoms. The van der Waals surface area contributed by atoms with Gasteiger partial charge in [0.1, 0.15) is 0 Å². The monoisotopic (exact) mass is 243 g/mol. The van der Waals surface area contributed by atoms with E-state index in [0.29, 0.717) is 25.5 Å². The van der Waals surface area contributed by atoms with Gasteiger partial charge < -0.3 is 20.8 Å². The average molecular weight is 243 g/mol. The second-order valence-corrected chi connectivity index (χ2v) is 4.54. The standard InChI is InChI=1S/C9H13N3O3S/c10-7-3-15-2-6(7)8(13)11-1-5-4-16-9(14)12-5/h4,6-7H,1-3,10H2,(H,11,13)(H,12,14). The molecule has 1 fully saturated rings. The minimum Gasteiger partial charge on any atom is -0.379 e. The molecule has 1 aromatic heterocycles. The van der Waals surface area contributed by atoms with Crippen molar-refractivity contribution in [2.45, 2.75) is 12.6 Å². The van der Waals surface area contributed by atoms with E-state index in [1.54, 1.807) is 5.38 Å². The summed E-state index contributed by atoms with van der Waals surface area (Å²) in [5, 5.41) is 4.41. The Morgan fingerprint density at radius 1 is 1.69 bits per heavy atom. The molecule has 1 aliphatic heterocycles. The highest BCUT2D eigenvalue weighted by molar-refractivity contribution is 7.07. The second kappa shape index (κ2) is 4.77. The number of amides is 1. The van der Waals surface area contributed by atoms with Crippen molar-refractivity contribution < 1.29 is 9.53 Å². The Bertz CT molecular complexity index is 428. The third-order valence-electron chi connectivity index (χ3n) is 2.49. The van der Waals surface area contributed by atoms with Crippen molar-refractivity contribution in [3.8, 4) is 0 Å². The van der Waals surface area contributed by atoms with Gasteiger partial charge in [-0.1, -0.05) is 11.3 Å². The smallest absolute Gasteiger partial charge is 0.304 e. The maximum atomic E-state index is 11.7. The zero-order chi connectivity index (χ0) is 11.5. The van der Waals surface area contributed by atoms with Crippen LogP contribution in [0.1, 0.15) is 5.69 Å². The van der Waals surface area contributed by atoms with Crippen molar-refractivity contribution in [2.24, 2.45) is 11.7 Å². The fourth-order valence-electron chi connectivity index (χ4n) is 1.55. The van der Waals surface area contributed by atoms with Crippen LogP contribution in [0.2, 0.25) is 0 Å². The van der Waals surface area contributed by atoms with Crippen molar-refractivity contribution in [3.05, 3.63) is 20.7 Å². The number of carbonyl (C=O) groups excluding carboxylic acids is 1. The number of nitrogens with two attached hydrogens (primary N) is 1. The van der Waals surface area contributed by atoms with E-state index in [2.05, 4.69) is 10.3 Å². The maximum Gasteiger partial charge on any atom is 0.304 e. The average Bonchev–Trinajstić information content (AvgIpc) is 2.84. The Balaban J connectivity index is 1.86. The van der Waals surface area contributed by atoms with Crippen LogP contribution in [0, 0.1) is 5.92 Å². The van der Waals surface area contributed by atoms with Crippen LogP contribution in [0.15, 0.2) is 10.2 Å². The zero-order valence-electron chi connectivity index (χ0n) is 8.56. The van der Waals surface area contributed by atoms with Gasteiger partial charge >= 0.3 is 4.87 Å². The van der Waals surface area contributed by atoms with Crippen LogP contribution in [-0.4, -0.2) is 30.1 Å². The van der Waals surface area contributed by atoms with Gasteiger partial charge in [-0.3, -0.25) is 9.59 Å². The molecule has 2 rings (SSSR count). The first-order valence-electron chi connectivity index (χ1n) is 4.94. The largest absolute Gasteiger partial charge is 0.379 e. The lowest BCUT2D eigenvalue weighted by molar-refractivity contribution is -0.125. The van der Waals surface area contributed by atoms with E-state index >= 15 is 0 Å². The molecule has 0 radical (unpaired) electrons. The molecule has 1 aliphatic rings. The highest BCUT2D eigenvalue weighted by atomic mass is 32.1. The van der Waals surface area contributed by atoms with Gasteiger partial charge in [-0.25, -0.2) is 0 Å². The SMILES string of the molecule is NC1COCC1C(=O)NCc1csc(=O)[nH]1. The lowest BCUT2D eigenvalue weighted by atomic mass is 10.0. The number of hydrogen-bond donors (Lipinski definition) is 3. The van der Waals surface area contributed by atoms with Gasteiger partial charge in [0.15, 0.2) is 0 Å². The van der Waals surface area contributed by atoms with Gasteiger partial charge in [-0.05, 0) is 0 Å². The van der Waals surface area contributed by atoms with Crippen molar-refractivity contribution >= 4 is 17.2 Å². The molecule has 7 heteroatoms. The molecule has 2 unspecified atom stereocenters. The van der Waals surface area contributed by atoms with Crippen molar-refractivity contribution in [2.75, 3.05) is 13.2 Å². The highest BCUT2D eigenvalue weighted by Crippen LogP contribution is 2.11. The molecule has 4 N–H and O–H groups in total. The topological polar surface area (TPSA) is 97.2 Å². The summed E-state index contributed by atoms with van der Waals surface area (Å²) in [4.78, 5) is 25.0. The van der Waals surface area contributed by atoms with E-state index in [4.69, 9.17) is 10.5 Å². The molecule has 0 aromatic carbocycles. The van der Waals surface area contributed by atoms with Gasteiger partial charge in [-0.2, -0.15) is 0 Å². The first kappa shape index (κ1) is 11.3. The van der Waals surface area contributed by atoms with Crippen LogP contribution in [-0.2, 0) is 16.1 Å². The van der Waals surface area contributed by atoms with Crippen LogP contribution in [0.5, 0.6) is 0 Å². The Hall–Kier alpha value is -1.18. The van der Waals surface area contributed by atoms with Crippen LogP contribution in [0.4, 0.5) is 0 Å². The molecule has 2 atom stereocenters. The summed E-state index contributed by atoms with van der Waals surface area (Å²) >= 11 is 1.08. The lowest BCUT2D eigenvalue weighted by Gasteiger charge is -2.12. The minimum atomic E-state index is -0.287. The summed E-state index contributed by atoms with van der Waals surface area (Å²) in [6.07, 6.45) is 0. The predicted molar refractivity (Wildman–Crippen MR) is 59.1 cm³/mol. The van der Waals surface area contributed by atoms with Gasteiger partial charge in [0.25, 0.3) is 0 Å². The van der Waals surface area contributed by atoms with E-state index in [1.165, 1.54) is 0 Å². The molecule has 2 heterocycles. The molecule has 0 bridgehead atoms. The molecule has 0 saturated carbocycles. The summed E-state index contributed by atoms with van der Waals surface area (Å²) in [5.74, 6) is -0.414. The van der Waals surface area contributed by atoms with Gasteiger partial charge in [0, 0.05) is 17.1 Å². The zero-order valence-corrected chi connectivity index (χ0v) is 9.38. The quantitative estimate of drug-likeness (QED) is 0.636. The number of aromatic amines is 1. The van der Waals surface area contributed by atoms with Crippen molar-refractivity contribution in [1.82, 2.24) is 10.3 Å². The summed E-state index contributed by atoms with van der Waals surface area (Å²) < 4.78 is 5.11. The Labute approximate surface area is 95.8 Å². The number of thiazole rings is 1. The Kier molecular flexibility index (Phi) is 3.37. The number of aromatic nitrogens is 1. The summed E-state index contributed by atoms with van der Waals surface area (Å²) in [7, 11) is 0. The molecular weight excluding hydrogens is 230 g/mol. The first-order chi connectivity index (χ1) is 7.66. The molecule has 1 saturated heterocycles.